The zero-order valence-electron chi connectivity index (χ0n) is 10.0. The van der Waals surface area contributed by atoms with Crippen molar-refractivity contribution in [1.82, 2.24) is 0 Å². The Kier molecular flexibility index (Phi) is 4.44. The molecule has 108 valence electrons. The average Bonchev–Trinajstić information content (AvgIpc) is 1.95. The van der Waals surface area contributed by atoms with Crippen LogP contribution in [0.2, 0.25) is 0 Å². The molecule has 0 aliphatic rings. The number of hydrogen-bond donors (Lipinski definition) is 1. The fraction of sp³-hybridized carbons (Fsp3) is 0.875. The summed E-state index contributed by atoms with van der Waals surface area (Å²) < 4.78 is 65.2. The van der Waals surface area contributed by atoms with Crippen LogP contribution in [0.5, 0.6) is 0 Å². The lowest BCUT2D eigenvalue weighted by Crippen LogP contribution is -2.46. The lowest BCUT2D eigenvalue weighted by molar-refractivity contribution is -0.207. The first-order valence-corrected chi connectivity index (χ1v) is 5.97. The predicted octanol–water partition coefficient (Wildman–Crippen LogP) is 0.903. The molecule has 0 bridgehead atoms. The fourth-order valence-corrected chi connectivity index (χ4v) is 1.26. The van der Waals surface area contributed by atoms with E-state index >= 15 is 0 Å². The van der Waals surface area contributed by atoms with E-state index < -0.39 is 33.0 Å². The minimum Gasteiger partial charge on any atom is -0.456 e. The summed E-state index contributed by atoms with van der Waals surface area (Å²) in [7, 11) is -6.11. The highest BCUT2D eigenvalue weighted by atomic mass is 32.2. The predicted molar refractivity (Wildman–Crippen MR) is 52.5 cm³/mol. The molecular formula is C8H13F3O6S. The standard InChI is InChI=1S/C8H13F3O6S/c1-6(2,3)16-5(12)7(4,13)17-18(14,15)8(9,10)11/h13H,1-4H3. The number of rotatable bonds is 3. The van der Waals surface area contributed by atoms with Crippen molar-refractivity contribution in [2.24, 2.45) is 0 Å². The number of carbonyl (C=O) groups is 1. The van der Waals surface area contributed by atoms with E-state index in [2.05, 4.69) is 8.92 Å². The molecular weight excluding hydrogens is 281 g/mol. The van der Waals surface area contributed by atoms with Crippen LogP contribution in [0, 0.1) is 0 Å². The SMILES string of the molecule is CC(C)(C)OC(=O)C(C)(O)OS(=O)(=O)C(F)(F)F. The largest absolute Gasteiger partial charge is 0.523 e. The van der Waals surface area contributed by atoms with Crippen LogP contribution in [0.3, 0.4) is 0 Å². The summed E-state index contributed by atoms with van der Waals surface area (Å²) in [5.74, 6) is -4.91. The van der Waals surface area contributed by atoms with E-state index in [0.29, 0.717) is 6.92 Å². The Hall–Kier alpha value is -0.870. The fourth-order valence-electron chi connectivity index (χ4n) is 0.668. The second-order valence-electron chi connectivity index (χ2n) is 4.47. The summed E-state index contributed by atoms with van der Waals surface area (Å²) in [6.07, 6.45) is 0. The van der Waals surface area contributed by atoms with Crippen LogP contribution >= 0.6 is 0 Å². The number of alkyl halides is 3. The molecule has 0 spiro atoms. The van der Waals surface area contributed by atoms with Gasteiger partial charge in [0.25, 0.3) is 5.79 Å². The van der Waals surface area contributed by atoms with Gasteiger partial charge in [0.05, 0.1) is 0 Å². The number of esters is 1. The smallest absolute Gasteiger partial charge is 0.456 e. The van der Waals surface area contributed by atoms with E-state index in [0.717, 1.165) is 0 Å². The summed E-state index contributed by atoms with van der Waals surface area (Å²) in [4.78, 5) is 11.3. The lowest BCUT2D eigenvalue weighted by Gasteiger charge is -2.26. The van der Waals surface area contributed by atoms with Gasteiger partial charge in [-0.15, -0.1) is 0 Å². The van der Waals surface area contributed by atoms with Gasteiger partial charge in [-0.2, -0.15) is 21.6 Å². The van der Waals surface area contributed by atoms with Gasteiger partial charge in [-0.3, -0.25) is 0 Å². The number of aliphatic hydroxyl groups is 1. The maximum absolute atomic E-state index is 12.0. The summed E-state index contributed by atoms with van der Waals surface area (Å²) in [5.41, 5.74) is -6.88. The zero-order valence-corrected chi connectivity index (χ0v) is 10.8. The molecule has 0 aliphatic heterocycles. The van der Waals surface area contributed by atoms with Gasteiger partial charge in [0, 0.05) is 6.92 Å². The molecule has 0 aromatic rings. The minimum atomic E-state index is -6.11. The van der Waals surface area contributed by atoms with Gasteiger partial charge in [-0.1, -0.05) is 0 Å². The van der Waals surface area contributed by atoms with Gasteiger partial charge in [0.15, 0.2) is 0 Å². The average molecular weight is 294 g/mol. The molecule has 0 aromatic carbocycles. The third-order valence-corrected chi connectivity index (χ3v) is 2.44. The van der Waals surface area contributed by atoms with Crippen LogP contribution in [0.15, 0.2) is 0 Å². The van der Waals surface area contributed by atoms with Crippen LogP contribution in [-0.2, 0) is 23.8 Å². The highest BCUT2D eigenvalue weighted by Crippen LogP contribution is 2.29. The van der Waals surface area contributed by atoms with Crippen LogP contribution in [0.4, 0.5) is 13.2 Å². The van der Waals surface area contributed by atoms with Crippen molar-refractivity contribution in [3.8, 4) is 0 Å². The van der Waals surface area contributed by atoms with Crippen molar-refractivity contribution >= 4 is 16.1 Å². The van der Waals surface area contributed by atoms with E-state index in [1.807, 2.05) is 0 Å². The summed E-state index contributed by atoms with van der Waals surface area (Å²) in [6, 6.07) is 0. The van der Waals surface area contributed by atoms with Crippen molar-refractivity contribution < 1.29 is 40.4 Å². The van der Waals surface area contributed by atoms with E-state index in [1.165, 1.54) is 20.8 Å². The van der Waals surface area contributed by atoms with Gasteiger partial charge in [-0.25, -0.2) is 8.98 Å². The molecule has 0 aromatic heterocycles. The molecule has 1 unspecified atom stereocenters. The molecule has 0 fully saturated rings. The maximum atomic E-state index is 12.0. The first-order valence-electron chi connectivity index (χ1n) is 4.56. The van der Waals surface area contributed by atoms with Crippen molar-refractivity contribution in [1.29, 1.82) is 0 Å². The molecule has 0 heterocycles. The van der Waals surface area contributed by atoms with Crippen molar-refractivity contribution in [2.45, 2.75) is 44.6 Å². The third-order valence-electron chi connectivity index (χ3n) is 1.33. The van der Waals surface area contributed by atoms with E-state index in [1.54, 1.807) is 0 Å². The monoisotopic (exact) mass is 294 g/mol. The molecule has 0 rings (SSSR count). The Bertz CT molecular complexity index is 417. The third kappa shape index (κ3) is 4.78. The molecule has 1 atom stereocenters. The van der Waals surface area contributed by atoms with Crippen LogP contribution in [-0.4, -0.2) is 36.4 Å². The van der Waals surface area contributed by atoms with E-state index in [9.17, 15) is 31.5 Å². The second kappa shape index (κ2) is 4.67. The van der Waals surface area contributed by atoms with Gasteiger partial charge in [0.2, 0.25) is 0 Å². The van der Waals surface area contributed by atoms with Gasteiger partial charge >= 0.3 is 21.6 Å². The van der Waals surface area contributed by atoms with Gasteiger partial charge < -0.3 is 9.84 Å². The minimum absolute atomic E-state index is 0.435. The number of halogens is 3. The Morgan fingerprint density at radius 1 is 1.11 bits per heavy atom. The Labute approximate surface area is 102 Å². The summed E-state index contributed by atoms with van der Waals surface area (Å²) in [6.45, 7) is 4.56. The number of carbonyl (C=O) groups excluding carboxylic acids is 1. The Balaban J connectivity index is 5.04. The summed E-state index contributed by atoms with van der Waals surface area (Å²) in [5, 5.41) is 9.27. The molecule has 0 saturated heterocycles. The normalized spacial score (nSPS) is 17.1. The molecule has 10 heteroatoms. The zero-order chi connectivity index (χ0) is 15.0. The van der Waals surface area contributed by atoms with E-state index in [4.69, 9.17) is 0 Å². The second-order valence-corrected chi connectivity index (χ2v) is 6.01. The Morgan fingerprint density at radius 3 is 1.78 bits per heavy atom. The van der Waals surface area contributed by atoms with Crippen LogP contribution in [0.1, 0.15) is 27.7 Å². The molecule has 0 aliphatic carbocycles. The highest BCUT2D eigenvalue weighted by Gasteiger charge is 2.53. The quantitative estimate of drug-likeness (QED) is 0.360. The van der Waals surface area contributed by atoms with Crippen molar-refractivity contribution in [2.75, 3.05) is 0 Å². The van der Waals surface area contributed by atoms with Crippen molar-refractivity contribution in [3.63, 3.8) is 0 Å². The first kappa shape index (κ1) is 17.1. The van der Waals surface area contributed by atoms with Gasteiger partial charge in [0.1, 0.15) is 5.60 Å². The molecule has 18 heavy (non-hydrogen) atoms. The number of hydrogen-bond acceptors (Lipinski definition) is 6. The topological polar surface area (TPSA) is 89.9 Å². The maximum Gasteiger partial charge on any atom is 0.523 e. The summed E-state index contributed by atoms with van der Waals surface area (Å²) >= 11 is 0. The van der Waals surface area contributed by atoms with Crippen molar-refractivity contribution in [3.05, 3.63) is 0 Å². The highest BCUT2D eigenvalue weighted by molar-refractivity contribution is 7.87. The Morgan fingerprint density at radius 2 is 1.50 bits per heavy atom. The lowest BCUT2D eigenvalue weighted by atomic mass is 10.2. The van der Waals surface area contributed by atoms with Crippen LogP contribution < -0.4 is 0 Å². The van der Waals surface area contributed by atoms with Crippen LogP contribution in [0.25, 0.3) is 0 Å². The molecule has 6 nitrogen and oxygen atoms in total. The van der Waals surface area contributed by atoms with E-state index in [-0.39, 0.29) is 0 Å². The molecule has 0 radical (unpaired) electrons. The number of ether oxygens (including phenoxy) is 1. The molecule has 0 saturated carbocycles. The van der Waals surface area contributed by atoms with Gasteiger partial charge in [-0.05, 0) is 20.8 Å². The first-order chi connectivity index (χ1) is 7.58. The molecule has 0 amide bonds. The molecule has 1 N–H and O–H groups in total.